The van der Waals surface area contributed by atoms with Gasteiger partial charge in [0.05, 0.1) is 37.1 Å². The Labute approximate surface area is 321 Å². The van der Waals surface area contributed by atoms with Crippen LogP contribution in [0.25, 0.3) is 0 Å². The number of fused-ring (bicyclic) bond motifs is 1. The molecule has 4 heterocycles. The summed E-state index contributed by atoms with van der Waals surface area (Å²) < 4.78 is 1.75. The first-order valence-electron chi connectivity index (χ1n) is 19.1. The zero-order chi connectivity index (χ0) is 38.0. The molecule has 0 aliphatic carbocycles. The molecule has 2 amide bonds. The highest BCUT2D eigenvalue weighted by atomic mass is 16.3. The molecule has 282 valence electrons. The van der Waals surface area contributed by atoms with Crippen LogP contribution in [0.2, 0.25) is 0 Å². The Morgan fingerprint density at radius 2 is 1.58 bits per heavy atom. The van der Waals surface area contributed by atoms with Gasteiger partial charge < -0.3 is 25.3 Å². The number of aliphatic hydroxyl groups excluding tert-OH is 1. The third-order valence-corrected chi connectivity index (χ3v) is 11.6. The number of aliphatic hydroxyl groups is 2. The number of para-hydroxylation sites is 2. The Hall–Kier alpha value is -5.62. The Morgan fingerprint density at radius 1 is 0.873 bits per heavy atom. The second-order valence-corrected chi connectivity index (χ2v) is 14.8. The number of allylic oxidation sites excluding steroid dienone is 1. The van der Waals surface area contributed by atoms with Gasteiger partial charge in [-0.05, 0) is 73.8 Å². The van der Waals surface area contributed by atoms with E-state index in [0.717, 1.165) is 48.4 Å². The zero-order valence-corrected chi connectivity index (χ0v) is 31.0. The van der Waals surface area contributed by atoms with Crippen LogP contribution in [0.5, 0.6) is 0 Å². The predicted molar refractivity (Wildman–Crippen MR) is 212 cm³/mol. The summed E-state index contributed by atoms with van der Waals surface area (Å²) in [6, 6.07) is 35.2. The first-order valence-corrected chi connectivity index (χ1v) is 19.1. The van der Waals surface area contributed by atoms with E-state index in [-0.39, 0.29) is 30.9 Å². The molecule has 0 radical (unpaired) electrons. The number of aromatic nitrogens is 3. The third kappa shape index (κ3) is 6.62. The monoisotopic (exact) mass is 737 g/mol. The van der Waals surface area contributed by atoms with E-state index >= 15 is 0 Å². The molecule has 1 aromatic heterocycles. The lowest BCUT2D eigenvalue weighted by Crippen LogP contribution is -2.55. The van der Waals surface area contributed by atoms with Crippen molar-refractivity contribution in [2.24, 2.45) is 5.92 Å². The van der Waals surface area contributed by atoms with Gasteiger partial charge in [0.1, 0.15) is 5.54 Å². The van der Waals surface area contributed by atoms with Crippen LogP contribution in [0.15, 0.2) is 128 Å². The van der Waals surface area contributed by atoms with Gasteiger partial charge in [0.2, 0.25) is 0 Å². The van der Waals surface area contributed by atoms with Crippen molar-refractivity contribution in [2.45, 2.75) is 56.3 Å². The summed E-state index contributed by atoms with van der Waals surface area (Å²) in [5, 5.41) is 34.3. The van der Waals surface area contributed by atoms with Crippen LogP contribution >= 0.6 is 0 Å². The van der Waals surface area contributed by atoms with Crippen LogP contribution in [0, 0.1) is 5.92 Å². The largest absolute Gasteiger partial charge is 0.395 e. The van der Waals surface area contributed by atoms with E-state index in [0.29, 0.717) is 36.6 Å². The Morgan fingerprint density at radius 3 is 2.35 bits per heavy atom. The third-order valence-electron chi connectivity index (χ3n) is 11.6. The minimum atomic E-state index is -1.75. The van der Waals surface area contributed by atoms with Crippen molar-refractivity contribution in [3.05, 3.63) is 150 Å². The maximum atomic E-state index is 14.3. The van der Waals surface area contributed by atoms with Crippen molar-refractivity contribution < 1.29 is 19.8 Å². The highest BCUT2D eigenvalue weighted by Crippen LogP contribution is 2.46. The number of benzene rings is 4. The lowest BCUT2D eigenvalue weighted by Gasteiger charge is -2.39. The standard InChI is InChI=1S/C44H47N7O4/c1-32(13-10-11-26-48-29-39(46-47-48)37(30-52)34-15-4-2-5-16-34)44(55)38-20-8-9-21-40(38)49(42(44)54)28-33-14-12-19-36(27-33)50-31-51(35-17-6-3-7-18-35)43(41(50)53)22-24-45-25-23-43/h2-10,12-21,27,29,32,37,45,52,55H,11,22-26,28,30-31H2,1H3/b13-10+/t32-,37?,44+/m0/s1. The van der Waals surface area contributed by atoms with Crippen molar-refractivity contribution in [2.75, 3.05) is 41.1 Å². The molecule has 11 heteroatoms. The molecular formula is C44H47N7O4. The molecule has 2 saturated heterocycles. The Bertz CT molecular complexity index is 2170. The molecule has 0 bridgehead atoms. The predicted octanol–water partition coefficient (Wildman–Crippen LogP) is 5.35. The number of hydrogen-bond acceptors (Lipinski definition) is 8. The lowest BCUT2D eigenvalue weighted by atomic mass is 9.83. The number of nitrogens with zero attached hydrogens (tertiary/aromatic N) is 6. The fourth-order valence-corrected chi connectivity index (χ4v) is 8.52. The van der Waals surface area contributed by atoms with Crippen molar-refractivity contribution in [3.63, 3.8) is 0 Å². The van der Waals surface area contributed by atoms with Crippen LogP contribution in [0.1, 0.15) is 54.5 Å². The SMILES string of the molecule is C[C@@H](/C=C/CCn1cc(C(CO)c2ccccc2)nn1)[C@]1(O)C(=O)N(Cc2cccc(N3CN(c4ccccc4)C4(CCNCC4)C3=O)c2)c2ccccc21. The van der Waals surface area contributed by atoms with Gasteiger partial charge >= 0.3 is 0 Å². The molecule has 1 unspecified atom stereocenters. The maximum Gasteiger partial charge on any atom is 0.264 e. The molecule has 11 nitrogen and oxygen atoms in total. The lowest BCUT2D eigenvalue weighted by molar-refractivity contribution is -0.139. The summed E-state index contributed by atoms with van der Waals surface area (Å²) in [5.74, 6) is -1.06. The second-order valence-electron chi connectivity index (χ2n) is 14.8. The maximum absolute atomic E-state index is 14.3. The fraction of sp³-hybridized carbons (Fsp3) is 0.318. The van der Waals surface area contributed by atoms with Crippen LogP contribution in [-0.4, -0.2) is 68.9 Å². The van der Waals surface area contributed by atoms with Gasteiger partial charge in [-0.15, -0.1) is 5.10 Å². The number of piperidine rings is 1. The zero-order valence-electron chi connectivity index (χ0n) is 31.0. The van der Waals surface area contributed by atoms with Gasteiger partial charge in [-0.25, -0.2) is 0 Å². The number of hydrogen-bond donors (Lipinski definition) is 3. The van der Waals surface area contributed by atoms with Crippen molar-refractivity contribution in [3.8, 4) is 0 Å². The summed E-state index contributed by atoms with van der Waals surface area (Å²) in [5.41, 5.74) is 3.24. The van der Waals surface area contributed by atoms with Crippen molar-refractivity contribution in [1.82, 2.24) is 20.3 Å². The van der Waals surface area contributed by atoms with E-state index in [9.17, 15) is 19.8 Å². The molecular weight excluding hydrogens is 691 g/mol. The number of anilines is 3. The van der Waals surface area contributed by atoms with E-state index < -0.39 is 17.1 Å². The van der Waals surface area contributed by atoms with Gasteiger partial charge in [-0.3, -0.25) is 19.2 Å². The first-order chi connectivity index (χ1) is 26.8. The van der Waals surface area contributed by atoms with Crippen molar-refractivity contribution in [1.29, 1.82) is 0 Å². The van der Waals surface area contributed by atoms with Crippen LogP contribution in [-0.2, 0) is 28.3 Å². The highest BCUT2D eigenvalue weighted by Gasteiger charge is 2.54. The summed E-state index contributed by atoms with van der Waals surface area (Å²) in [7, 11) is 0. The number of amides is 2. The van der Waals surface area contributed by atoms with Gasteiger partial charge in [-0.1, -0.05) is 103 Å². The van der Waals surface area contributed by atoms with Gasteiger partial charge in [0.25, 0.3) is 11.8 Å². The molecule has 3 aliphatic rings. The fourth-order valence-electron chi connectivity index (χ4n) is 8.52. The Kier molecular flexibility index (Phi) is 10.1. The molecule has 3 aliphatic heterocycles. The molecule has 3 N–H and O–H groups in total. The molecule has 4 aromatic carbocycles. The molecule has 8 rings (SSSR count). The molecule has 5 aromatic rings. The van der Waals surface area contributed by atoms with Gasteiger partial charge in [0, 0.05) is 35.6 Å². The van der Waals surface area contributed by atoms with E-state index in [2.05, 4.69) is 32.7 Å². The molecule has 0 saturated carbocycles. The summed E-state index contributed by atoms with van der Waals surface area (Å²) in [6.45, 7) is 4.59. The minimum Gasteiger partial charge on any atom is -0.395 e. The number of rotatable bonds is 12. The first kappa shape index (κ1) is 36.4. The molecule has 1 spiro atoms. The number of aryl methyl sites for hydroxylation is 1. The average molecular weight is 738 g/mol. The highest BCUT2D eigenvalue weighted by molar-refractivity contribution is 6.08. The normalized spacial score (nSPS) is 20.5. The van der Waals surface area contributed by atoms with E-state index in [1.807, 2.05) is 127 Å². The summed E-state index contributed by atoms with van der Waals surface area (Å²) in [6.07, 6.45) is 7.77. The Balaban J connectivity index is 0.970. The minimum absolute atomic E-state index is 0.0685. The van der Waals surface area contributed by atoms with E-state index in [4.69, 9.17) is 0 Å². The van der Waals surface area contributed by atoms with Crippen LogP contribution in [0.3, 0.4) is 0 Å². The number of carbonyl (C=O) groups is 2. The molecule has 55 heavy (non-hydrogen) atoms. The molecule has 3 atom stereocenters. The molecule has 2 fully saturated rings. The number of carbonyl (C=O) groups excluding carboxylic acids is 2. The summed E-state index contributed by atoms with van der Waals surface area (Å²) >= 11 is 0. The average Bonchev–Trinajstić information content (AvgIpc) is 3.87. The quantitative estimate of drug-likeness (QED) is 0.146. The number of nitrogens with one attached hydrogen (secondary N) is 1. The topological polar surface area (TPSA) is 127 Å². The van der Waals surface area contributed by atoms with E-state index in [1.165, 1.54) is 0 Å². The van der Waals surface area contributed by atoms with Crippen LogP contribution < -0.4 is 20.0 Å². The van der Waals surface area contributed by atoms with Crippen LogP contribution in [0.4, 0.5) is 17.1 Å². The van der Waals surface area contributed by atoms with Gasteiger partial charge in [0.15, 0.2) is 5.60 Å². The summed E-state index contributed by atoms with van der Waals surface area (Å²) in [4.78, 5) is 34.4. The van der Waals surface area contributed by atoms with E-state index in [1.54, 1.807) is 9.58 Å². The smallest absolute Gasteiger partial charge is 0.264 e. The van der Waals surface area contributed by atoms with Gasteiger partial charge in [-0.2, -0.15) is 0 Å². The second kappa shape index (κ2) is 15.3. The van der Waals surface area contributed by atoms with Crippen molar-refractivity contribution >= 4 is 28.9 Å².